The molecule has 0 aromatic heterocycles. The fourth-order valence-electron chi connectivity index (χ4n) is 2.37. The van der Waals surface area contributed by atoms with Crippen LogP contribution in [0.4, 0.5) is 4.79 Å². The molecule has 7 nitrogen and oxygen atoms in total. The molecule has 19 heavy (non-hydrogen) atoms. The van der Waals surface area contributed by atoms with Crippen molar-refractivity contribution in [3.05, 3.63) is 0 Å². The molecule has 0 atom stereocenters. The van der Waals surface area contributed by atoms with Crippen LogP contribution in [0.15, 0.2) is 0 Å². The Morgan fingerprint density at radius 2 is 2.11 bits per heavy atom. The SMILES string of the molecule is CN1CC(=O)N(CC(=O)N(CCO)C2CCC2)C1=O. The van der Waals surface area contributed by atoms with Crippen molar-refractivity contribution < 1.29 is 19.5 Å². The number of likely N-dealkylation sites (N-methyl/N-ethyl adjacent to an activating group) is 1. The van der Waals surface area contributed by atoms with E-state index >= 15 is 0 Å². The molecule has 2 rings (SSSR count). The summed E-state index contributed by atoms with van der Waals surface area (Å²) in [7, 11) is 1.53. The van der Waals surface area contributed by atoms with E-state index in [0.717, 1.165) is 24.2 Å². The number of rotatable bonds is 5. The highest BCUT2D eigenvalue weighted by Gasteiger charge is 2.37. The number of hydrogen-bond donors (Lipinski definition) is 1. The van der Waals surface area contributed by atoms with Crippen molar-refractivity contribution in [1.29, 1.82) is 0 Å². The lowest BCUT2D eigenvalue weighted by Crippen LogP contribution is -2.50. The van der Waals surface area contributed by atoms with Gasteiger partial charge in [0.2, 0.25) is 5.91 Å². The molecular formula is C12H19N3O4. The van der Waals surface area contributed by atoms with Crippen LogP contribution in [-0.4, -0.2) is 77.0 Å². The summed E-state index contributed by atoms with van der Waals surface area (Å²) < 4.78 is 0. The molecule has 2 fully saturated rings. The molecule has 1 aliphatic heterocycles. The van der Waals surface area contributed by atoms with Crippen LogP contribution >= 0.6 is 0 Å². The fourth-order valence-corrected chi connectivity index (χ4v) is 2.37. The molecule has 1 aliphatic carbocycles. The molecule has 0 bridgehead atoms. The Kier molecular flexibility index (Phi) is 4.04. The van der Waals surface area contributed by atoms with Crippen molar-refractivity contribution in [2.45, 2.75) is 25.3 Å². The van der Waals surface area contributed by atoms with Gasteiger partial charge in [0.05, 0.1) is 6.61 Å². The third-order valence-electron chi connectivity index (χ3n) is 3.70. The zero-order valence-corrected chi connectivity index (χ0v) is 11.0. The van der Waals surface area contributed by atoms with Crippen LogP contribution in [0.25, 0.3) is 0 Å². The third kappa shape index (κ3) is 2.70. The van der Waals surface area contributed by atoms with Crippen LogP contribution in [0.2, 0.25) is 0 Å². The maximum atomic E-state index is 12.2. The van der Waals surface area contributed by atoms with Gasteiger partial charge in [0.15, 0.2) is 0 Å². The predicted molar refractivity (Wildman–Crippen MR) is 66.2 cm³/mol. The van der Waals surface area contributed by atoms with E-state index in [0.29, 0.717) is 0 Å². The van der Waals surface area contributed by atoms with Crippen molar-refractivity contribution in [3.8, 4) is 0 Å². The van der Waals surface area contributed by atoms with E-state index in [2.05, 4.69) is 0 Å². The van der Waals surface area contributed by atoms with Gasteiger partial charge in [-0.15, -0.1) is 0 Å². The zero-order valence-electron chi connectivity index (χ0n) is 11.0. The Morgan fingerprint density at radius 3 is 2.53 bits per heavy atom. The van der Waals surface area contributed by atoms with Gasteiger partial charge in [0, 0.05) is 19.6 Å². The summed E-state index contributed by atoms with van der Waals surface area (Å²) in [6.45, 7) is -0.0480. The summed E-state index contributed by atoms with van der Waals surface area (Å²) in [5, 5.41) is 9.01. The monoisotopic (exact) mass is 269 g/mol. The normalized spacial score (nSPS) is 19.9. The van der Waals surface area contributed by atoms with E-state index in [1.165, 1.54) is 11.9 Å². The predicted octanol–water partition coefficient (Wildman–Crippen LogP) is -0.746. The van der Waals surface area contributed by atoms with E-state index in [1.807, 2.05) is 0 Å². The number of carbonyl (C=O) groups excluding carboxylic acids is 3. The lowest BCUT2D eigenvalue weighted by Gasteiger charge is -2.37. The molecule has 1 N–H and O–H groups in total. The second kappa shape index (κ2) is 5.56. The molecule has 7 heteroatoms. The second-order valence-corrected chi connectivity index (χ2v) is 5.01. The van der Waals surface area contributed by atoms with Crippen molar-refractivity contribution in [2.24, 2.45) is 0 Å². The van der Waals surface area contributed by atoms with Crippen LogP contribution in [0.5, 0.6) is 0 Å². The first kappa shape index (κ1) is 13.8. The number of carbonyl (C=O) groups is 3. The summed E-state index contributed by atoms with van der Waals surface area (Å²) in [6.07, 6.45) is 2.92. The summed E-state index contributed by atoms with van der Waals surface area (Å²) in [5.41, 5.74) is 0. The standard InChI is InChI=1S/C12H19N3O4/c1-13-7-10(17)15(12(13)19)8-11(18)14(5-6-16)9-3-2-4-9/h9,16H,2-8H2,1H3. The largest absolute Gasteiger partial charge is 0.395 e. The Hall–Kier alpha value is -1.63. The van der Waals surface area contributed by atoms with Crippen LogP contribution < -0.4 is 0 Å². The molecule has 0 radical (unpaired) electrons. The second-order valence-electron chi connectivity index (χ2n) is 5.01. The summed E-state index contributed by atoms with van der Waals surface area (Å²) in [5.74, 6) is -0.617. The van der Waals surface area contributed by atoms with Crippen LogP contribution in [0.1, 0.15) is 19.3 Å². The molecule has 0 unspecified atom stereocenters. The molecule has 4 amide bonds. The zero-order chi connectivity index (χ0) is 14.0. The third-order valence-corrected chi connectivity index (χ3v) is 3.70. The highest BCUT2D eigenvalue weighted by Crippen LogP contribution is 2.25. The van der Waals surface area contributed by atoms with Gasteiger partial charge >= 0.3 is 6.03 Å². The number of aliphatic hydroxyl groups is 1. The van der Waals surface area contributed by atoms with Crippen LogP contribution in [-0.2, 0) is 9.59 Å². The van der Waals surface area contributed by atoms with E-state index in [9.17, 15) is 14.4 Å². The Bertz CT molecular complexity index is 394. The number of amides is 4. The molecule has 0 aromatic rings. The fraction of sp³-hybridized carbons (Fsp3) is 0.750. The average Bonchev–Trinajstić information content (AvgIpc) is 2.53. The molecule has 0 spiro atoms. The molecule has 1 saturated carbocycles. The van der Waals surface area contributed by atoms with Crippen molar-refractivity contribution in [1.82, 2.24) is 14.7 Å². The molecule has 1 heterocycles. The van der Waals surface area contributed by atoms with Crippen molar-refractivity contribution >= 4 is 17.8 Å². The van der Waals surface area contributed by atoms with Gasteiger partial charge < -0.3 is 14.9 Å². The van der Waals surface area contributed by atoms with Crippen molar-refractivity contribution in [2.75, 3.05) is 33.3 Å². The summed E-state index contributed by atoms with van der Waals surface area (Å²) in [4.78, 5) is 39.3. The summed E-state index contributed by atoms with van der Waals surface area (Å²) >= 11 is 0. The minimum absolute atomic E-state index is 0.0234. The van der Waals surface area contributed by atoms with Gasteiger partial charge in [-0.05, 0) is 19.3 Å². The maximum Gasteiger partial charge on any atom is 0.327 e. The number of hydrogen-bond acceptors (Lipinski definition) is 4. The highest BCUT2D eigenvalue weighted by molar-refractivity contribution is 6.04. The lowest BCUT2D eigenvalue weighted by atomic mass is 9.91. The van der Waals surface area contributed by atoms with E-state index in [4.69, 9.17) is 5.11 Å². The van der Waals surface area contributed by atoms with Gasteiger partial charge in [0.25, 0.3) is 5.91 Å². The number of urea groups is 1. The molecule has 1 saturated heterocycles. The average molecular weight is 269 g/mol. The summed E-state index contributed by atoms with van der Waals surface area (Å²) in [6, 6.07) is -0.291. The minimum atomic E-state index is -0.434. The first-order valence-corrected chi connectivity index (χ1v) is 6.50. The Morgan fingerprint density at radius 1 is 1.42 bits per heavy atom. The van der Waals surface area contributed by atoms with Gasteiger partial charge in [-0.3, -0.25) is 14.5 Å². The molecular weight excluding hydrogens is 250 g/mol. The lowest BCUT2D eigenvalue weighted by molar-refractivity contribution is -0.140. The number of aliphatic hydroxyl groups excluding tert-OH is 1. The van der Waals surface area contributed by atoms with Crippen molar-refractivity contribution in [3.63, 3.8) is 0 Å². The Labute approximate surface area is 111 Å². The molecule has 2 aliphatic rings. The van der Waals surface area contributed by atoms with Gasteiger partial charge in [-0.1, -0.05) is 0 Å². The first-order valence-electron chi connectivity index (χ1n) is 6.50. The molecule has 106 valence electrons. The quantitative estimate of drug-likeness (QED) is 0.666. The van der Waals surface area contributed by atoms with Crippen LogP contribution in [0, 0.1) is 0 Å². The van der Waals surface area contributed by atoms with Gasteiger partial charge in [-0.25, -0.2) is 4.79 Å². The van der Waals surface area contributed by atoms with Crippen LogP contribution in [0.3, 0.4) is 0 Å². The van der Waals surface area contributed by atoms with Gasteiger partial charge in [0.1, 0.15) is 13.1 Å². The minimum Gasteiger partial charge on any atom is -0.395 e. The first-order chi connectivity index (χ1) is 9.04. The number of nitrogens with zero attached hydrogens (tertiary/aromatic N) is 3. The smallest absolute Gasteiger partial charge is 0.327 e. The number of imide groups is 1. The van der Waals surface area contributed by atoms with Gasteiger partial charge in [-0.2, -0.15) is 0 Å². The maximum absolute atomic E-state index is 12.2. The Balaban J connectivity index is 1.98. The van der Waals surface area contributed by atoms with E-state index < -0.39 is 6.03 Å². The molecule has 0 aromatic carbocycles. The topological polar surface area (TPSA) is 81.2 Å². The highest BCUT2D eigenvalue weighted by atomic mass is 16.3. The van der Waals surface area contributed by atoms with E-state index in [1.54, 1.807) is 4.90 Å². The van der Waals surface area contributed by atoms with E-state index in [-0.39, 0.29) is 44.1 Å².